The summed E-state index contributed by atoms with van der Waals surface area (Å²) in [5, 5.41) is 0. The van der Waals surface area contributed by atoms with E-state index in [-0.39, 0.29) is 5.41 Å². The van der Waals surface area contributed by atoms with Crippen LogP contribution >= 0.6 is 0 Å². The van der Waals surface area contributed by atoms with Gasteiger partial charge in [0, 0.05) is 23.9 Å². The molecule has 14 heavy (non-hydrogen) atoms. The van der Waals surface area contributed by atoms with Crippen LogP contribution in [-0.2, 0) is 18.9 Å². The van der Waals surface area contributed by atoms with Crippen LogP contribution in [0.25, 0.3) is 0 Å². The average molecular weight is 194 g/mol. The van der Waals surface area contributed by atoms with Gasteiger partial charge in [-0.15, -0.1) is 0 Å². The lowest BCUT2D eigenvalue weighted by Gasteiger charge is -2.20. The van der Waals surface area contributed by atoms with Crippen LogP contribution in [0.5, 0.6) is 0 Å². The van der Waals surface area contributed by atoms with E-state index in [9.17, 15) is 0 Å². The number of nitrogens with two attached hydrogens (primary N) is 1. The molecule has 0 fully saturated rings. The van der Waals surface area contributed by atoms with Gasteiger partial charge in [-0.3, -0.25) is 0 Å². The molecule has 1 aromatic rings. The third kappa shape index (κ3) is 2.01. The zero-order valence-corrected chi connectivity index (χ0v) is 10.0. The molecule has 0 aliphatic carbocycles. The van der Waals surface area contributed by atoms with Gasteiger partial charge < -0.3 is 10.3 Å². The fourth-order valence-electron chi connectivity index (χ4n) is 1.89. The lowest BCUT2D eigenvalue weighted by atomic mass is 9.92. The molecule has 2 heteroatoms. The molecule has 0 bridgehead atoms. The Bertz CT molecular complexity index is 316. The molecule has 0 amide bonds. The predicted molar refractivity (Wildman–Crippen MR) is 61.6 cm³/mol. The molecule has 1 aromatic heterocycles. The monoisotopic (exact) mass is 194 g/mol. The second-order valence-electron chi connectivity index (χ2n) is 4.99. The summed E-state index contributed by atoms with van der Waals surface area (Å²) in [6.07, 6.45) is 0.982. The highest BCUT2D eigenvalue weighted by molar-refractivity contribution is 5.31. The fourth-order valence-corrected chi connectivity index (χ4v) is 1.89. The standard InChI is InChI=1S/C12H22N2/c1-9-10(6-7-13)8-11(14(9)5)12(2,3)4/h8H,6-7,13H2,1-5H3. The molecule has 2 nitrogen and oxygen atoms in total. The first-order valence-electron chi connectivity index (χ1n) is 5.23. The van der Waals surface area contributed by atoms with Crippen molar-refractivity contribution < 1.29 is 0 Å². The van der Waals surface area contributed by atoms with E-state index < -0.39 is 0 Å². The molecule has 0 saturated heterocycles. The van der Waals surface area contributed by atoms with Crippen LogP contribution < -0.4 is 5.73 Å². The topological polar surface area (TPSA) is 30.9 Å². The second kappa shape index (κ2) is 3.77. The highest BCUT2D eigenvalue weighted by atomic mass is 15.0. The van der Waals surface area contributed by atoms with Gasteiger partial charge in [0.25, 0.3) is 0 Å². The van der Waals surface area contributed by atoms with Crippen molar-refractivity contribution in [1.29, 1.82) is 0 Å². The van der Waals surface area contributed by atoms with Crippen molar-refractivity contribution in [2.24, 2.45) is 12.8 Å². The van der Waals surface area contributed by atoms with Gasteiger partial charge in [-0.05, 0) is 31.5 Å². The second-order valence-corrected chi connectivity index (χ2v) is 4.99. The number of nitrogens with zero attached hydrogens (tertiary/aromatic N) is 1. The molecule has 0 atom stereocenters. The number of hydrogen-bond acceptors (Lipinski definition) is 1. The van der Waals surface area contributed by atoms with Crippen molar-refractivity contribution in [3.8, 4) is 0 Å². The maximum Gasteiger partial charge on any atom is 0.0230 e. The molecular weight excluding hydrogens is 172 g/mol. The molecule has 0 aromatic carbocycles. The lowest BCUT2D eigenvalue weighted by molar-refractivity contribution is 0.540. The Morgan fingerprint density at radius 2 is 1.93 bits per heavy atom. The zero-order valence-electron chi connectivity index (χ0n) is 10.0. The van der Waals surface area contributed by atoms with Gasteiger partial charge in [0.15, 0.2) is 0 Å². The predicted octanol–water partition coefficient (Wildman–Crippen LogP) is 2.13. The van der Waals surface area contributed by atoms with Crippen molar-refractivity contribution in [2.45, 2.75) is 39.5 Å². The van der Waals surface area contributed by atoms with Crippen LogP contribution in [-0.4, -0.2) is 11.1 Å². The summed E-state index contributed by atoms with van der Waals surface area (Å²) in [4.78, 5) is 0. The van der Waals surface area contributed by atoms with Gasteiger partial charge in [0.2, 0.25) is 0 Å². The van der Waals surface area contributed by atoms with Gasteiger partial charge in [-0.25, -0.2) is 0 Å². The summed E-state index contributed by atoms with van der Waals surface area (Å²) >= 11 is 0. The SMILES string of the molecule is Cc1c(CCN)cc(C(C)(C)C)n1C. The minimum absolute atomic E-state index is 0.215. The van der Waals surface area contributed by atoms with Crippen LogP contribution in [0.3, 0.4) is 0 Å². The molecule has 0 spiro atoms. The van der Waals surface area contributed by atoms with Crippen LogP contribution in [0.1, 0.15) is 37.7 Å². The molecule has 0 aliphatic heterocycles. The first-order chi connectivity index (χ1) is 6.38. The minimum Gasteiger partial charge on any atom is -0.351 e. The lowest BCUT2D eigenvalue weighted by Crippen LogP contribution is -2.16. The van der Waals surface area contributed by atoms with Crippen molar-refractivity contribution in [1.82, 2.24) is 4.57 Å². The van der Waals surface area contributed by atoms with Crippen LogP contribution in [0.4, 0.5) is 0 Å². The Hall–Kier alpha value is -0.760. The summed E-state index contributed by atoms with van der Waals surface area (Å²) in [6.45, 7) is 9.63. The first-order valence-corrected chi connectivity index (χ1v) is 5.23. The van der Waals surface area contributed by atoms with E-state index in [1.807, 2.05) is 0 Å². The van der Waals surface area contributed by atoms with Crippen molar-refractivity contribution >= 4 is 0 Å². The van der Waals surface area contributed by atoms with Crippen molar-refractivity contribution in [2.75, 3.05) is 6.54 Å². The van der Waals surface area contributed by atoms with Gasteiger partial charge in [-0.2, -0.15) is 0 Å². The average Bonchev–Trinajstić information content (AvgIpc) is 2.32. The number of rotatable bonds is 2. The van der Waals surface area contributed by atoms with E-state index in [1.54, 1.807) is 0 Å². The molecule has 0 saturated carbocycles. The summed E-state index contributed by atoms with van der Waals surface area (Å²) in [7, 11) is 2.13. The van der Waals surface area contributed by atoms with Crippen LogP contribution in [0.2, 0.25) is 0 Å². The Kier molecular flexibility index (Phi) is 3.05. The van der Waals surface area contributed by atoms with Gasteiger partial charge in [0.1, 0.15) is 0 Å². The zero-order chi connectivity index (χ0) is 10.9. The van der Waals surface area contributed by atoms with Crippen LogP contribution in [0, 0.1) is 6.92 Å². The third-order valence-corrected chi connectivity index (χ3v) is 2.82. The molecular formula is C12H22N2. The van der Waals surface area contributed by atoms with Gasteiger partial charge >= 0.3 is 0 Å². The summed E-state index contributed by atoms with van der Waals surface area (Å²) in [5.74, 6) is 0. The van der Waals surface area contributed by atoms with E-state index in [4.69, 9.17) is 5.73 Å². The molecule has 1 heterocycles. The molecule has 0 aliphatic rings. The maximum absolute atomic E-state index is 5.59. The first kappa shape index (κ1) is 11.3. The number of aromatic nitrogens is 1. The third-order valence-electron chi connectivity index (χ3n) is 2.82. The quantitative estimate of drug-likeness (QED) is 0.768. The number of hydrogen-bond donors (Lipinski definition) is 1. The Morgan fingerprint density at radius 3 is 2.29 bits per heavy atom. The van der Waals surface area contributed by atoms with Gasteiger partial charge in [0.05, 0.1) is 0 Å². The largest absolute Gasteiger partial charge is 0.351 e. The van der Waals surface area contributed by atoms with Crippen LogP contribution in [0.15, 0.2) is 6.07 Å². The van der Waals surface area contributed by atoms with E-state index >= 15 is 0 Å². The normalized spacial score (nSPS) is 12.1. The smallest absolute Gasteiger partial charge is 0.0230 e. The van der Waals surface area contributed by atoms with Crippen molar-refractivity contribution in [3.63, 3.8) is 0 Å². The Balaban J connectivity index is 3.15. The Labute approximate surface area is 87.1 Å². The van der Waals surface area contributed by atoms with Crippen molar-refractivity contribution in [3.05, 3.63) is 23.0 Å². The molecule has 0 radical (unpaired) electrons. The summed E-state index contributed by atoms with van der Waals surface area (Å²) in [6, 6.07) is 2.29. The molecule has 80 valence electrons. The molecule has 0 unspecified atom stereocenters. The maximum atomic E-state index is 5.59. The molecule has 2 N–H and O–H groups in total. The van der Waals surface area contributed by atoms with Gasteiger partial charge in [-0.1, -0.05) is 20.8 Å². The highest BCUT2D eigenvalue weighted by Crippen LogP contribution is 2.26. The highest BCUT2D eigenvalue weighted by Gasteiger charge is 2.19. The fraction of sp³-hybridized carbons (Fsp3) is 0.667. The Morgan fingerprint density at radius 1 is 1.36 bits per heavy atom. The summed E-state index contributed by atoms with van der Waals surface area (Å²) < 4.78 is 2.28. The molecule has 1 rings (SSSR count). The van der Waals surface area contributed by atoms with E-state index in [0.29, 0.717) is 0 Å². The summed E-state index contributed by atoms with van der Waals surface area (Å²) in [5.41, 5.74) is 9.93. The van der Waals surface area contributed by atoms with E-state index in [2.05, 4.69) is 45.4 Å². The van der Waals surface area contributed by atoms with E-state index in [0.717, 1.165) is 13.0 Å². The minimum atomic E-state index is 0.215. The van der Waals surface area contributed by atoms with E-state index in [1.165, 1.54) is 17.0 Å².